The molecule has 0 aromatic heterocycles. The molecule has 0 atom stereocenters. The molecular formula is CH10Al2Li2O2. The summed E-state index contributed by atoms with van der Waals surface area (Å²) in [5.74, 6) is 0. The van der Waals surface area contributed by atoms with Gasteiger partial charge < -0.3 is 7.96 Å². The van der Waals surface area contributed by atoms with Crippen LogP contribution in [-0.4, -0.2) is 46.3 Å². The molecule has 6 heteroatoms. The molecular weight excluding hydrogens is 112 g/mol. The third-order valence-electron chi connectivity index (χ3n) is 0. The van der Waals surface area contributed by atoms with Gasteiger partial charge in [0.1, 0.15) is 0 Å². The predicted octanol–water partition coefficient (Wildman–Crippen LogP) is -8.43. The van der Waals surface area contributed by atoms with E-state index < -0.39 is 0 Å². The van der Waals surface area contributed by atoms with Gasteiger partial charge in [0.05, 0.1) is 0 Å². The number of carboxylic acid groups (broad SMARTS) is 1. The van der Waals surface area contributed by atoms with Gasteiger partial charge in [-0.3, -0.25) is 4.79 Å². The molecule has 0 unspecified atom stereocenters. The Balaban J connectivity index is -0.00000000133. The molecule has 0 aromatic carbocycles. The van der Waals surface area contributed by atoms with Crippen molar-refractivity contribution < 1.29 is 50.5 Å². The van der Waals surface area contributed by atoms with E-state index in [-0.39, 0.29) is 81.8 Å². The van der Waals surface area contributed by atoms with Crippen molar-refractivity contribution in [3.63, 3.8) is 0 Å². The Morgan fingerprint density at radius 2 is 1.29 bits per heavy atom. The Kier molecular flexibility index (Phi) is 252. The average Bonchev–Trinajstić information content (AvgIpc) is 0.918. The van der Waals surface area contributed by atoms with E-state index in [4.69, 9.17) is 9.90 Å². The van der Waals surface area contributed by atoms with Crippen molar-refractivity contribution in [1.82, 2.24) is 0 Å². The number of hydrogen-bond acceptors (Lipinski definition) is 1. The zero-order chi connectivity index (χ0) is 2.71. The molecule has 34 valence electrons. The van der Waals surface area contributed by atoms with Crippen molar-refractivity contribution in [1.29, 1.82) is 0 Å². The summed E-state index contributed by atoms with van der Waals surface area (Å²) in [6.07, 6.45) is 0. The standard InChI is InChI=1S/CH2O2.2Al.2Li.8H/c2-1-3;;;;;;;;;;;;/h1H,(H,2,3);;;;;;;;;;;;/q;;;2*+1;;;;;;;2*-1. The van der Waals surface area contributed by atoms with E-state index in [1.165, 1.54) is 0 Å². The second-order valence-corrected chi connectivity index (χ2v) is 0.105. The summed E-state index contributed by atoms with van der Waals surface area (Å²) >= 11 is 0. The minimum atomic E-state index is -0.250. The minimum absolute atomic E-state index is 0. The van der Waals surface area contributed by atoms with E-state index in [2.05, 4.69) is 0 Å². The van der Waals surface area contributed by atoms with E-state index >= 15 is 0 Å². The van der Waals surface area contributed by atoms with Crippen molar-refractivity contribution in [3.8, 4) is 0 Å². The Morgan fingerprint density at radius 1 is 1.29 bits per heavy atom. The molecule has 0 radical (unpaired) electrons. The second kappa shape index (κ2) is 47.0. The first-order valence-electron chi connectivity index (χ1n) is 0.494. The van der Waals surface area contributed by atoms with E-state index in [9.17, 15) is 0 Å². The fourth-order valence-corrected chi connectivity index (χ4v) is 0. The molecule has 0 saturated carbocycles. The van der Waals surface area contributed by atoms with Gasteiger partial charge in [-0.15, -0.1) is 0 Å². The molecule has 0 saturated heterocycles. The van der Waals surface area contributed by atoms with Crippen molar-refractivity contribution in [2.75, 3.05) is 0 Å². The molecule has 0 aliphatic heterocycles. The average molecular weight is 122 g/mol. The van der Waals surface area contributed by atoms with Crippen molar-refractivity contribution in [2.24, 2.45) is 0 Å². The smallest absolute Gasteiger partial charge is 1.00 e. The van der Waals surface area contributed by atoms with Crippen LogP contribution in [0.2, 0.25) is 0 Å². The molecule has 0 heterocycles. The van der Waals surface area contributed by atoms with Crippen molar-refractivity contribution >= 4 is 41.2 Å². The van der Waals surface area contributed by atoms with Crippen LogP contribution in [0, 0.1) is 0 Å². The zero-order valence-corrected chi connectivity index (χ0v) is 3.43. The van der Waals surface area contributed by atoms with Gasteiger partial charge in [0.25, 0.3) is 6.47 Å². The zero-order valence-electron chi connectivity index (χ0n) is 5.43. The van der Waals surface area contributed by atoms with Gasteiger partial charge in [-0.05, 0) is 0 Å². The van der Waals surface area contributed by atoms with E-state index in [0.717, 1.165) is 0 Å². The van der Waals surface area contributed by atoms with Gasteiger partial charge in [0.15, 0.2) is 34.7 Å². The van der Waals surface area contributed by atoms with Gasteiger partial charge in [-0.25, -0.2) is 0 Å². The SMILES string of the molecule is O=CO.[AlH3].[AlH3].[H-].[H-].[Li+].[Li+]. The number of carbonyl (C=O) groups is 1. The first-order valence-corrected chi connectivity index (χ1v) is 0.494. The van der Waals surface area contributed by atoms with Crippen LogP contribution in [-0.2, 0) is 4.79 Å². The van der Waals surface area contributed by atoms with Gasteiger partial charge in [-0.1, -0.05) is 0 Å². The van der Waals surface area contributed by atoms with Gasteiger partial charge in [0.2, 0.25) is 0 Å². The molecule has 0 rings (SSSR count). The molecule has 2 nitrogen and oxygen atoms in total. The Hall–Kier alpha value is 1.73. The molecule has 7 heavy (non-hydrogen) atoms. The Labute approximate surface area is 91.0 Å². The third kappa shape index (κ3) is 84.8. The van der Waals surface area contributed by atoms with Gasteiger partial charge in [-0.2, -0.15) is 0 Å². The van der Waals surface area contributed by atoms with Crippen LogP contribution in [0.4, 0.5) is 0 Å². The molecule has 0 aliphatic rings. The van der Waals surface area contributed by atoms with Gasteiger partial charge in [0, 0.05) is 0 Å². The third-order valence-corrected chi connectivity index (χ3v) is 0. The monoisotopic (exact) mass is 122 g/mol. The largest absolute Gasteiger partial charge is 1.00 e. The predicted molar refractivity (Wildman–Crippen MR) is 30.8 cm³/mol. The first-order chi connectivity index (χ1) is 1.41. The molecule has 0 amide bonds. The van der Waals surface area contributed by atoms with Crippen LogP contribution in [0.3, 0.4) is 0 Å². The molecule has 0 bridgehead atoms. The summed E-state index contributed by atoms with van der Waals surface area (Å²) in [6, 6.07) is 0. The van der Waals surface area contributed by atoms with E-state index in [1.54, 1.807) is 0 Å². The topological polar surface area (TPSA) is 37.3 Å². The van der Waals surface area contributed by atoms with Crippen LogP contribution >= 0.6 is 0 Å². The molecule has 0 fully saturated rings. The fraction of sp³-hybridized carbons (Fsp3) is 0. The van der Waals surface area contributed by atoms with Crippen LogP contribution in [0.5, 0.6) is 0 Å². The summed E-state index contributed by atoms with van der Waals surface area (Å²) in [7, 11) is 0. The molecule has 0 aliphatic carbocycles. The normalized spacial score (nSPS) is 1.71. The second-order valence-electron chi connectivity index (χ2n) is 0.105. The Bertz CT molecular complexity index is 28.0. The minimum Gasteiger partial charge on any atom is -1.00 e. The maximum atomic E-state index is 8.36. The first kappa shape index (κ1) is 37.5. The van der Waals surface area contributed by atoms with Crippen LogP contribution in [0.1, 0.15) is 2.85 Å². The summed E-state index contributed by atoms with van der Waals surface area (Å²) in [4.78, 5) is 8.36. The summed E-state index contributed by atoms with van der Waals surface area (Å²) in [5, 5.41) is 6.89. The maximum absolute atomic E-state index is 8.36. The van der Waals surface area contributed by atoms with Crippen LogP contribution < -0.4 is 37.7 Å². The summed E-state index contributed by atoms with van der Waals surface area (Å²) in [6.45, 7) is -0.250. The van der Waals surface area contributed by atoms with Crippen LogP contribution in [0.25, 0.3) is 0 Å². The quantitative estimate of drug-likeness (QED) is 0.256. The summed E-state index contributed by atoms with van der Waals surface area (Å²) < 4.78 is 0. The molecule has 0 aromatic rings. The van der Waals surface area contributed by atoms with Gasteiger partial charge >= 0.3 is 37.7 Å². The maximum Gasteiger partial charge on any atom is 1.00 e. The fourth-order valence-electron chi connectivity index (χ4n) is 0. The van der Waals surface area contributed by atoms with Crippen molar-refractivity contribution in [2.45, 2.75) is 0 Å². The number of hydrogen-bond donors (Lipinski definition) is 1. The van der Waals surface area contributed by atoms with Crippen LogP contribution in [0.15, 0.2) is 0 Å². The van der Waals surface area contributed by atoms with E-state index in [1.807, 2.05) is 0 Å². The van der Waals surface area contributed by atoms with E-state index in [0.29, 0.717) is 0 Å². The Morgan fingerprint density at radius 3 is 1.29 bits per heavy atom. The van der Waals surface area contributed by atoms with Crippen molar-refractivity contribution in [3.05, 3.63) is 0 Å². The number of rotatable bonds is 0. The molecule has 1 N–H and O–H groups in total. The molecule has 0 spiro atoms. The summed E-state index contributed by atoms with van der Waals surface area (Å²) in [5.41, 5.74) is 0.